The summed E-state index contributed by atoms with van der Waals surface area (Å²) in [5.74, 6) is -0.507. The number of nitrogens with zero attached hydrogens (tertiary/aromatic N) is 1. The minimum Gasteiger partial charge on any atom is -0.507 e. The molecule has 0 saturated heterocycles. The number of rotatable bonds is 3. The summed E-state index contributed by atoms with van der Waals surface area (Å²) in [6.45, 7) is 1.98. The van der Waals surface area contributed by atoms with Crippen LogP contribution in [0.15, 0.2) is 53.6 Å². The minimum absolute atomic E-state index is 0.0641. The monoisotopic (exact) mass is 254 g/mol. The highest BCUT2D eigenvalue weighted by atomic mass is 16.3. The fraction of sp³-hybridized carbons (Fsp3) is 0.0667. The number of phenolic OH excluding ortho intramolecular Hbond substituents is 1. The van der Waals surface area contributed by atoms with Gasteiger partial charge >= 0.3 is 0 Å². The second-order valence-corrected chi connectivity index (χ2v) is 4.13. The first-order valence-corrected chi connectivity index (χ1v) is 5.85. The number of hydrogen-bond donors (Lipinski definition) is 2. The third-order valence-corrected chi connectivity index (χ3v) is 2.57. The van der Waals surface area contributed by atoms with Crippen molar-refractivity contribution in [2.45, 2.75) is 6.92 Å². The molecule has 0 aromatic heterocycles. The molecule has 0 heterocycles. The van der Waals surface area contributed by atoms with Gasteiger partial charge in [0.2, 0.25) is 0 Å². The predicted octanol–water partition coefficient (Wildman–Crippen LogP) is 2.46. The van der Waals surface area contributed by atoms with Crippen LogP contribution in [0.1, 0.15) is 21.5 Å². The Bertz CT molecular complexity index is 621. The molecule has 0 saturated carbocycles. The van der Waals surface area contributed by atoms with E-state index in [2.05, 4.69) is 10.5 Å². The van der Waals surface area contributed by atoms with Crippen LogP contribution in [0, 0.1) is 6.92 Å². The van der Waals surface area contributed by atoms with E-state index in [4.69, 9.17) is 0 Å². The zero-order chi connectivity index (χ0) is 13.7. The molecule has 0 aliphatic heterocycles. The van der Waals surface area contributed by atoms with Gasteiger partial charge in [0.15, 0.2) is 0 Å². The van der Waals surface area contributed by atoms with E-state index in [1.165, 1.54) is 12.1 Å². The number of aromatic hydroxyl groups is 1. The van der Waals surface area contributed by atoms with Gasteiger partial charge in [0, 0.05) is 0 Å². The van der Waals surface area contributed by atoms with Crippen molar-refractivity contribution in [3.8, 4) is 5.75 Å². The Balaban J connectivity index is 2.03. The van der Waals surface area contributed by atoms with Gasteiger partial charge in [-0.1, -0.05) is 42.0 Å². The first-order chi connectivity index (χ1) is 9.16. The molecule has 1 amide bonds. The Kier molecular flexibility index (Phi) is 3.93. The number of para-hydroxylation sites is 1. The molecule has 2 aromatic rings. The normalized spacial score (nSPS) is 10.6. The van der Waals surface area contributed by atoms with Crippen molar-refractivity contribution in [1.82, 2.24) is 5.43 Å². The molecule has 2 N–H and O–H groups in total. The molecule has 2 aromatic carbocycles. The molecule has 4 nitrogen and oxygen atoms in total. The highest BCUT2D eigenvalue weighted by Gasteiger charge is 2.08. The first kappa shape index (κ1) is 12.8. The standard InChI is InChI=1S/C15H14N2O2/c1-11-5-4-6-12(9-11)10-16-17-15(19)13-7-2-3-8-14(13)18/h2-10,18H,1H3,(H,17,19)/b16-10+. The maximum absolute atomic E-state index is 11.7. The van der Waals surface area contributed by atoms with Crippen LogP contribution in [0.4, 0.5) is 0 Å². The van der Waals surface area contributed by atoms with Crippen LogP contribution in [0.25, 0.3) is 0 Å². The minimum atomic E-state index is -0.443. The summed E-state index contributed by atoms with van der Waals surface area (Å²) in [7, 11) is 0. The third-order valence-electron chi connectivity index (χ3n) is 2.57. The molecule has 19 heavy (non-hydrogen) atoms. The molecule has 2 rings (SSSR count). The Morgan fingerprint density at radius 1 is 1.21 bits per heavy atom. The summed E-state index contributed by atoms with van der Waals surface area (Å²) in [4.78, 5) is 11.7. The molecule has 0 fully saturated rings. The zero-order valence-corrected chi connectivity index (χ0v) is 10.5. The van der Waals surface area contributed by atoms with Crippen molar-refractivity contribution in [2.24, 2.45) is 5.10 Å². The van der Waals surface area contributed by atoms with Gasteiger partial charge in [-0.3, -0.25) is 4.79 Å². The van der Waals surface area contributed by atoms with Crippen LogP contribution >= 0.6 is 0 Å². The van der Waals surface area contributed by atoms with E-state index < -0.39 is 5.91 Å². The summed E-state index contributed by atoms with van der Waals surface area (Å²) in [6.07, 6.45) is 1.56. The van der Waals surface area contributed by atoms with Gasteiger partial charge < -0.3 is 5.11 Å². The highest BCUT2D eigenvalue weighted by Crippen LogP contribution is 2.14. The molecular weight excluding hydrogens is 240 g/mol. The Morgan fingerprint density at radius 2 is 2.00 bits per heavy atom. The van der Waals surface area contributed by atoms with Crippen LogP contribution in [0.2, 0.25) is 0 Å². The average Bonchev–Trinajstić information content (AvgIpc) is 2.39. The van der Waals surface area contributed by atoms with Gasteiger partial charge in [0.25, 0.3) is 5.91 Å². The van der Waals surface area contributed by atoms with Crippen LogP contribution < -0.4 is 5.43 Å². The lowest BCUT2D eigenvalue weighted by Gasteiger charge is -2.02. The van der Waals surface area contributed by atoms with Gasteiger partial charge in [-0.25, -0.2) is 5.43 Å². The lowest BCUT2D eigenvalue weighted by molar-refractivity contribution is 0.0952. The second-order valence-electron chi connectivity index (χ2n) is 4.13. The van der Waals surface area contributed by atoms with Gasteiger partial charge in [-0.2, -0.15) is 5.10 Å². The van der Waals surface area contributed by atoms with Crippen molar-refractivity contribution in [3.63, 3.8) is 0 Å². The van der Waals surface area contributed by atoms with Crippen LogP contribution in [-0.2, 0) is 0 Å². The van der Waals surface area contributed by atoms with Crippen molar-refractivity contribution in [3.05, 3.63) is 65.2 Å². The number of carbonyl (C=O) groups excluding carboxylic acids is 1. The average molecular weight is 254 g/mol. The number of hydrogen-bond acceptors (Lipinski definition) is 3. The van der Waals surface area contributed by atoms with E-state index in [-0.39, 0.29) is 11.3 Å². The summed E-state index contributed by atoms with van der Waals surface area (Å²) in [5, 5.41) is 13.4. The fourth-order valence-corrected chi connectivity index (χ4v) is 1.64. The smallest absolute Gasteiger partial charge is 0.275 e. The number of aryl methyl sites for hydroxylation is 1. The van der Waals surface area contributed by atoms with Crippen molar-refractivity contribution in [2.75, 3.05) is 0 Å². The fourth-order valence-electron chi connectivity index (χ4n) is 1.64. The van der Waals surface area contributed by atoms with Gasteiger partial charge in [-0.15, -0.1) is 0 Å². The largest absolute Gasteiger partial charge is 0.507 e. The molecule has 96 valence electrons. The van der Waals surface area contributed by atoms with Crippen molar-refractivity contribution >= 4 is 12.1 Å². The SMILES string of the molecule is Cc1cccc(/C=N/NC(=O)c2ccccc2O)c1. The number of amides is 1. The molecular formula is C15H14N2O2. The first-order valence-electron chi connectivity index (χ1n) is 5.85. The number of phenols is 1. The molecule has 0 bridgehead atoms. The Morgan fingerprint density at radius 3 is 2.74 bits per heavy atom. The predicted molar refractivity (Wildman–Crippen MR) is 74.3 cm³/mol. The Hall–Kier alpha value is -2.62. The number of nitrogens with one attached hydrogen (secondary N) is 1. The van der Waals surface area contributed by atoms with Gasteiger partial charge in [0.1, 0.15) is 5.75 Å². The summed E-state index contributed by atoms with van der Waals surface area (Å²) in [5.41, 5.74) is 4.60. The number of benzene rings is 2. The maximum Gasteiger partial charge on any atom is 0.275 e. The molecule has 0 atom stereocenters. The maximum atomic E-state index is 11.7. The van der Waals surface area contributed by atoms with Gasteiger partial charge in [-0.05, 0) is 24.6 Å². The van der Waals surface area contributed by atoms with E-state index >= 15 is 0 Å². The zero-order valence-electron chi connectivity index (χ0n) is 10.5. The van der Waals surface area contributed by atoms with Crippen LogP contribution in [-0.4, -0.2) is 17.2 Å². The third kappa shape index (κ3) is 3.42. The molecule has 0 aliphatic carbocycles. The molecule has 0 radical (unpaired) electrons. The highest BCUT2D eigenvalue weighted by molar-refractivity contribution is 5.97. The van der Waals surface area contributed by atoms with Crippen molar-refractivity contribution in [1.29, 1.82) is 0 Å². The molecule has 0 aliphatic rings. The van der Waals surface area contributed by atoms with Crippen LogP contribution in [0.3, 0.4) is 0 Å². The number of hydrazone groups is 1. The van der Waals surface area contributed by atoms with E-state index in [0.717, 1.165) is 11.1 Å². The summed E-state index contributed by atoms with van der Waals surface area (Å²) < 4.78 is 0. The second kappa shape index (κ2) is 5.82. The topological polar surface area (TPSA) is 61.7 Å². The Labute approximate surface area is 111 Å². The molecule has 0 unspecified atom stereocenters. The van der Waals surface area contributed by atoms with E-state index in [1.54, 1.807) is 18.3 Å². The summed E-state index contributed by atoms with van der Waals surface area (Å²) >= 11 is 0. The lowest BCUT2D eigenvalue weighted by atomic mass is 10.2. The van der Waals surface area contributed by atoms with E-state index in [0.29, 0.717) is 0 Å². The van der Waals surface area contributed by atoms with E-state index in [1.807, 2.05) is 31.2 Å². The summed E-state index contributed by atoms with van der Waals surface area (Å²) in [6, 6.07) is 14.1. The molecule has 0 spiro atoms. The molecule has 4 heteroatoms. The quantitative estimate of drug-likeness (QED) is 0.653. The van der Waals surface area contributed by atoms with E-state index in [9.17, 15) is 9.90 Å². The van der Waals surface area contributed by atoms with Crippen molar-refractivity contribution < 1.29 is 9.90 Å². The number of carbonyl (C=O) groups is 1. The lowest BCUT2D eigenvalue weighted by Crippen LogP contribution is -2.17. The van der Waals surface area contributed by atoms with Crippen LogP contribution in [0.5, 0.6) is 5.75 Å². The van der Waals surface area contributed by atoms with Gasteiger partial charge in [0.05, 0.1) is 11.8 Å².